The third-order valence-electron chi connectivity index (χ3n) is 11.6. The molecule has 3 aromatic heterocycles. The van der Waals surface area contributed by atoms with E-state index in [4.69, 9.17) is 0 Å². The Labute approximate surface area is 343 Å². The predicted octanol–water partition coefficient (Wildman–Crippen LogP) is 16.3. The first kappa shape index (κ1) is 33.2. The SMILES string of the molecule is c1cc(-c2ccc(N(c3ccc4sc5ccccc5c4c3)c3cccc4c3sc3ccccc34)cc2)cc(-c2ccccc2-n2c3ccccc3c3ccccc32)c1. The Morgan fingerprint density at radius 3 is 1.69 bits per heavy atom. The maximum atomic E-state index is 2.45. The van der Waals surface area contributed by atoms with E-state index in [0.29, 0.717) is 0 Å². The average Bonchev–Trinajstić information content (AvgIpc) is 3.97. The molecule has 12 aromatic rings. The van der Waals surface area contributed by atoms with Crippen molar-refractivity contribution in [1.29, 1.82) is 0 Å². The summed E-state index contributed by atoms with van der Waals surface area (Å²) in [4.78, 5) is 2.45. The van der Waals surface area contributed by atoms with Crippen LogP contribution >= 0.6 is 22.7 Å². The monoisotopic (exact) mass is 774 g/mol. The third-order valence-corrected chi connectivity index (χ3v) is 14.0. The molecule has 58 heavy (non-hydrogen) atoms. The summed E-state index contributed by atoms with van der Waals surface area (Å²) in [5.74, 6) is 0. The molecule has 0 atom stereocenters. The summed E-state index contributed by atoms with van der Waals surface area (Å²) in [6, 6.07) is 75.6. The molecule has 3 heterocycles. The first-order chi connectivity index (χ1) is 28.8. The van der Waals surface area contributed by atoms with Crippen LogP contribution in [0.25, 0.3) is 90.1 Å². The van der Waals surface area contributed by atoms with Gasteiger partial charge in [-0.2, -0.15) is 0 Å². The number of aromatic nitrogens is 1. The topological polar surface area (TPSA) is 8.17 Å². The zero-order chi connectivity index (χ0) is 38.2. The van der Waals surface area contributed by atoms with Gasteiger partial charge in [-0.1, -0.05) is 133 Å². The van der Waals surface area contributed by atoms with E-state index in [-0.39, 0.29) is 0 Å². The molecule has 0 aliphatic carbocycles. The molecule has 0 fully saturated rings. The van der Waals surface area contributed by atoms with Crippen LogP contribution in [0.5, 0.6) is 0 Å². The zero-order valence-electron chi connectivity index (χ0n) is 31.3. The van der Waals surface area contributed by atoms with Gasteiger partial charge in [0.2, 0.25) is 0 Å². The number of hydrogen-bond donors (Lipinski definition) is 0. The molecule has 0 saturated heterocycles. The Balaban J connectivity index is 0.981. The molecule has 0 spiro atoms. The van der Waals surface area contributed by atoms with E-state index in [2.05, 4.69) is 216 Å². The van der Waals surface area contributed by atoms with Gasteiger partial charge in [-0.3, -0.25) is 0 Å². The molecule has 4 heteroatoms. The second-order valence-corrected chi connectivity index (χ2v) is 17.0. The predicted molar refractivity (Wildman–Crippen MR) is 252 cm³/mol. The van der Waals surface area contributed by atoms with Crippen LogP contribution in [-0.4, -0.2) is 4.57 Å². The van der Waals surface area contributed by atoms with Gasteiger partial charge in [0.05, 0.1) is 27.1 Å². The van der Waals surface area contributed by atoms with Crippen LogP contribution in [0.1, 0.15) is 0 Å². The van der Waals surface area contributed by atoms with Crippen molar-refractivity contribution in [3.8, 4) is 27.9 Å². The fraction of sp³-hybridized carbons (Fsp3) is 0. The number of benzene rings is 9. The summed E-state index contributed by atoms with van der Waals surface area (Å²) in [7, 11) is 0. The molecule has 0 radical (unpaired) electrons. The summed E-state index contributed by atoms with van der Waals surface area (Å²) in [6.45, 7) is 0. The second kappa shape index (κ2) is 13.3. The van der Waals surface area contributed by atoms with Crippen molar-refractivity contribution >= 4 is 102 Å². The molecule has 0 N–H and O–H groups in total. The molecule has 0 bridgehead atoms. The molecular formula is C54H34N2S2. The number of hydrogen-bond acceptors (Lipinski definition) is 3. The van der Waals surface area contributed by atoms with E-state index in [1.165, 1.54) is 95.8 Å². The Morgan fingerprint density at radius 1 is 0.345 bits per heavy atom. The highest BCUT2D eigenvalue weighted by Gasteiger charge is 2.20. The summed E-state index contributed by atoms with van der Waals surface area (Å²) in [5.41, 5.74) is 11.8. The Bertz CT molecular complexity index is 3480. The van der Waals surface area contributed by atoms with Gasteiger partial charge in [-0.05, 0) is 89.5 Å². The number of fused-ring (bicyclic) bond motifs is 9. The lowest BCUT2D eigenvalue weighted by atomic mass is 9.97. The van der Waals surface area contributed by atoms with E-state index in [0.717, 1.165) is 11.4 Å². The quantitative estimate of drug-likeness (QED) is 0.163. The minimum atomic E-state index is 1.13. The number of rotatable bonds is 6. The molecule has 2 nitrogen and oxygen atoms in total. The van der Waals surface area contributed by atoms with E-state index in [1.807, 2.05) is 22.7 Å². The first-order valence-corrected chi connectivity index (χ1v) is 21.3. The third kappa shape index (κ3) is 5.23. The molecule has 272 valence electrons. The average molecular weight is 775 g/mol. The Hall–Kier alpha value is -6.98. The minimum absolute atomic E-state index is 1.13. The number of thiophene rings is 2. The van der Waals surface area contributed by atoms with Gasteiger partial charge in [-0.25, -0.2) is 0 Å². The Kier molecular flexibility index (Phi) is 7.62. The maximum Gasteiger partial charge on any atom is 0.0640 e. The van der Waals surface area contributed by atoms with Crippen molar-refractivity contribution < 1.29 is 0 Å². The van der Waals surface area contributed by atoms with Gasteiger partial charge in [-0.15, -0.1) is 22.7 Å². The normalized spacial score (nSPS) is 11.8. The zero-order valence-corrected chi connectivity index (χ0v) is 33.0. The van der Waals surface area contributed by atoms with Crippen LogP contribution in [0.4, 0.5) is 17.1 Å². The van der Waals surface area contributed by atoms with Gasteiger partial charge < -0.3 is 9.47 Å². The summed E-state index contributed by atoms with van der Waals surface area (Å²) in [6.07, 6.45) is 0. The molecule has 0 amide bonds. The van der Waals surface area contributed by atoms with Crippen LogP contribution < -0.4 is 4.90 Å². The van der Waals surface area contributed by atoms with Crippen molar-refractivity contribution in [2.45, 2.75) is 0 Å². The number of anilines is 3. The molecule has 0 unspecified atom stereocenters. The highest BCUT2D eigenvalue weighted by atomic mass is 32.1. The molecule has 9 aromatic carbocycles. The van der Waals surface area contributed by atoms with Gasteiger partial charge in [0.15, 0.2) is 0 Å². The molecule has 0 saturated carbocycles. The lowest BCUT2D eigenvalue weighted by molar-refractivity contribution is 1.18. The smallest absolute Gasteiger partial charge is 0.0640 e. The largest absolute Gasteiger partial charge is 0.309 e. The van der Waals surface area contributed by atoms with Crippen LogP contribution in [0.2, 0.25) is 0 Å². The summed E-state index contributed by atoms with van der Waals surface area (Å²) in [5, 5.41) is 7.73. The molecule has 12 rings (SSSR count). The second-order valence-electron chi connectivity index (χ2n) is 14.9. The van der Waals surface area contributed by atoms with Crippen molar-refractivity contribution in [2.24, 2.45) is 0 Å². The van der Waals surface area contributed by atoms with Crippen molar-refractivity contribution in [2.75, 3.05) is 4.90 Å². The lowest BCUT2D eigenvalue weighted by Gasteiger charge is -2.26. The van der Waals surface area contributed by atoms with E-state index >= 15 is 0 Å². The van der Waals surface area contributed by atoms with Crippen LogP contribution in [0, 0.1) is 0 Å². The summed E-state index contributed by atoms with van der Waals surface area (Å²) < 4.78 is 7.64. The van der Waals surface area contributed by atoms with Crippen LogP contribution in [0.3, 0.4) is 0 Å². The van der Waals surface area contributed by atoms with E-state index in [9.17, 15) is 0 Å². The van der Waals surface area contributed by atoms with Gasteiger partial charge in [0, 0.05) is 63.4 Å². The number of para-hydroxylation sites is 3. The fourth-order valence-corrected chi connectivity index (χ4v) is 11.2. The van der Waals surface area contributed by atoms with Gasteiger partial charge >= 0.3 is 0 Å². The number of nitrogens with zero attached hydrogens (tertiary/aromatic N) is 2. The minimum Gasteiger partial charge on any atom is -0.309 e. The van der Waals surface area contributed by atoms with Crippen molar-refractivity contribution in [1.82, 2.24) is 4.57 Å². The Morgan fingerprint density at radius 2 is 0.914 bits per heavy atom. The highest BCUT2D eigenvalue weighted by molar-refractivity contribution is 7.26. The highest BCUT2D eigenvalue weighted by Crippen LogP contribution is 2.47. The van der Waals surface area contributed by atoms with E-state index in [1.54, 1.807) is 0 Å². The standard InChI is InChI=1S/C54H34N2S2/c1-6-21-47(56-48-22-7-2-16-41(48)42-17-3-8-23-49(42)56)40(15-1)37-14-11-13-36(33-37)35-27-29-38(30-28-35)55(39-31-32-53-46(34-39)44-19-5-9-25-51(44)57-53)50-24-12-20-45-43-18-4-10-26-52(43)58-54(45)50/h1-34H. The van der Waals surface area contributed by atoms with Crippen molar-refractivity contribution in [3.05, 3.63) is 206 Å². The van der Waals surface area contributed by atoms with E-state index < -0.39 is 0 Å². The van der Waals surface area contributed by atoms with Crippen LogP contribution in [0.15, 0.2) is 206 Å². The van der Waals surface area contributed by atoms with Gasteiger partial charge in [0.1, 0.15) is 0 Å². The molecule has 0 aliphatic heterocycles. The summed E-state index contributed by atoms with van der Waals surface area (Å²) >= 11 is 3.73. The van der Waals surface area contributed by atoms with Crippen LogP contribution in [-0.2, 0) is 0 Å². The van der Waals surface area contributed by atoms with Crippen molar-refractivity contribution in [3.63, 3.8) is 0 Å². The van der Waals surface area contributed by atoms with Gasteiger partial charge in [0.25, 0.3) is 0 Å². The maximum absolute atomic E-state index is 2.45. The molecular weight excluding hydrogens is 741 g/mol. The fourth-order valence-electron chi connectivity index (χ4n) is 8.95. The molecule has 0 aliphatic rings. The first-order valence-electron chi connectivity index (χ1n) is 19.7. The lowest BCUT2D eigenvalue weighted by Crippen LogP contribution is -2.10.